The molecule has 0 bridgehead atoms. The quantitative estimate of drug-likeness (QED) is 0.871. The first-order valence-electron chi connectivity index (χ1n) is 4.86. The molecule has 2 rings (SSSR count). The Morgan fingerprint density at radius 2 is 2.18 bits per heavy atom. The molecule has 0 amide bonds. The van der Waals surface area contributed by atoms with Crippen molar-refractivity contribution in [2.75, 3.05) is 6.61 Å². The molecular formula is C11H9F3O3. The number of alkyl halides is 3. The zero-order valence-corrected chi connectivity index (χ0v) is 8.62. The van der Waals surface area contributed by atoms with Crippen molar-refractivity contribution in [3.8, 4) is 0 Å². The molecule has 0 spiro atoms. The van der Waals surface area contributed by atoms with Crippen molar-refractivity contribution < 1.29 is 27.8 Å². The second-order valence-electron chi connectivity index (χ2n) is 3.83. The summed E-state index contributed by atoms with van der Waals surface area (Å²) < 4.78 is 44.3. The third-order valence-corrected chi connectivity index (χ3v) is 2.72. The van der Waals surface area contributed by atoms with Gasteiger partial charge in [0.25, 0.3) is 6.43 Å². The fourth-order valence-corrected chi connectivity index (χ4v) is 1.79. The molecule has 17 heavy (non-hydrogen) atoms. The average Bonchev–Trinajstić information content (AvgIpc) is 2.28. The third kappa shape index (κ3) is 1.88. The second-order valence-corrected chi connectivity index (χ2v) is 3.83. The van der Waals surface area contributed by atoms with Crippen LogP contribution in [0.2, 0.25) is 0 Å². The fraction of sp³-hybridized carbons (Fsp3) is 0.364. The summed E-state index contributed by atoms with van der Waals surface area (Å²) in [7, 11) is 0. The van der Waals surface area contributed by atoms with Gasteiger partial charge >= 0.3 is 5.97 Å². The number of hydrogen-bond donors (Lipinski definition) is 1. The van der Waals surface area contributed by atoms with Gasteiger partial charge < -0.3 is 9.84 Å². The molecule has 1 aromatic rings. The average molecular weight is 246 g/mol. The molecule has 3 nitrogen and oxygen atoms in total. The minimum Gasteiger partial charge on any atom is -0.478 e. The molecule has 1 heterocycles. The Balaban J connectivity index is 2.55. The molecular weight excluding hydrogens is 237 g/mol. The number of ether oxygens (including phenoxy) is 1. The van der Waals surface area contributed by atoms with Crippen LogP contribution in [0.25, 0.3) is 0 Å². The first-order valence-corrected chi connectivity index (χ1v) is 4.86. The van der Waals surface area contributed by atoms with Crippen molar-refractivity contribution >= 4 is 5.97 Å². The highest BCUT2D eigenvalue weighted by Gasteiger charge is 2.46. The van der Waals surface area contributed by atoms with Crippen LogP contribution in [0, 0.1) is 0 Å². The topological polar surface area (TPSA) is 46.5 Å². The number of fused-ring (bicyclic) bond motifs is 1. The monoisotopic (exact) mass is 246 g/mol. The number of rotatable bonds is 2. The van der Waals surface area contributed by atoms with Crippen molar-refractivity contribution in [3.63, 3.8) is 0 Å². The molecule has 0 radical (unpaired) electrons. The Hall–Kier alpha value is -1.56. The molecule has 1 atom stereocenters. The minimum atomic E-state index is -3.26. The summed E-state index contributed by atoms with van der Waals surface area (Å²) in [5.41, 5.74) is -3.19. The molecule has 1 unspecified atom stereocenters. The molecule has 0 fully saturated rings. The van der Waals surface area contributed by atoms with Crippen molar-refractivity contribution in [2.24, 2.45) is 0 Å². The van der Waals surface area contributed by atoms with E-state index in [1.165, 1.54) is 12.1 Å². The van der Waals surface area contributed by atoms with E-state index in [9.17, 15) is 18.0 Å². The summed E-state index contributed by atoms with van der Waals surface area (Å²) in [6, 6.07) is 3.49. The number of benzene rings is 1. The van der Waals surface area contributed by atoms with Gasteiger partial charge in [-0.2, -0.15) is 0 Å². The van der Waals surface area contributed by atoms with Gasteiger partial charge in [-0.3, -0.25) is 0 Å². The number of aromatic carboxylic acids is 1. The number of carbonyl (C=O) groups is 1. The molecule has 1 aromatic carbocycles. The summed E-state index contributed by atoms with van der Waals surface area (Å²) in [5.74, 6) is -1.28. The van der Waals surface area contributed by atoms with Gasteiger partial charge in [0, 0.05) is 5.56 Å². The van der Waals surface area contributed by atoms with Crippen molar-refractivity contribution in [3.05, 3.63) is 34.9 Å². The Morgan fingerprint density at radius 3 is 2.76 bits per heavy atom. The van der Waals surface area contributed by atoms with Gasteiger partial charge in [0.15, 0.2) is 0 Å². The molecule has 1 aliphatic heterocycles. The maximum Gasteiger partial charge on any atom is 0.335 e. The van der Waals surface area contributed by atoms with Gasteiger partial charge in [-0.05, 0) is 17.7 Å². The van der Waals surface area contributed by atoms with Gasteiger partial charge in [0.1, 0.15) is 0 Å². The van der Waals surface area contributed by atoms with E-state index >= 15 is 0 Å². The maximum absolute atomic E-state index is 14.1. The van der Waals surface area contributed by atoms with Crippen LogP contribution in [0.15, 0.2) is 18.2 Å². The molecule has 1 N–H and O–H groups in total. The zero-order valence-electron chi connectivity index (χ0n) is 8.62. The van der Waals surface area contributed by atoms with E-state index in [1.807, 2.05) is 0 Å². The van der Waals surface area contributed by atoms with E-state index in [0.29, 0.717) is 0 Å². The Morgan fingerprint density at radius 1 is 1.47 bits per heavy atom. The largest absolute Gasteiger partial charge is 0.478 e. The van der Waals surface area contributed by atoms with Gasteiger partial charge in [-0.25, -0.2) is 18.0 Å². The first kappa shape index (κ1) is 11.9. The van der Waals surface area contributed by atoms with Gasteiger partial charge in [-0.1, -0.05) is 6.07 Å². The zero-order chi connectivity index (χ0) is 12.6. The number of carboxylic acids is 1. The van der Waals surface area contributed by atoms with Crippen LogP contribution in [-0.2, 0) is 17.0 Å². The lowest BCUT2D eigenvalue weighted by molar-refractivity contribution is -0.107. The normalized spacial score (nSPS) is 23.5. The van der Waals surface area contributed by atoms with E-state index in [2.05, 4.69) is 0 Å². The summed E-state index contributed by atoms with van der Waals surface area (Å²) in [4.78, 5) is 10.7. The lowest BCUT2D eigenvalue weighted by Gasteiger charge is -2.31. The summed E-state index contributed by atoms with van der Waals surface area (Å²) in [6.07, 6.45) is -3.26. The molecule has 0 saturated heterocycles. The Kier molecular flexibility index (Phi) is 2.82. The van der Waals surface area contributed by atoms with Crippen LogP contribution in [-0.4, -0.2) is 24.1 Å². The predicted octanol–water partition coefficient (Wildman–Crippen LogP) is 2.34. The number of halogens is 3. The van der Waals surface area contributed by atoms with Crippen LogP contribution in [0.3, 0.4) is 0 Å². The van der Waals surface area contributed by atoms with Crippen LogP contribution in [0.5, 0.6) is 0 Å². The van der Waals surface area contributed by atoms with Crippen LogP contribution < -0.4 is 0 Å². The standard InChI is InChI=1S/C11H9F3O3/c12-10(13)11(14)5-17-4-7-2-1-6(9(15)16)3-8(7)11/h1-3,10H,4-5H2,(H,15,16). The second kappa shape index (κ2) is 4.03. The first-order chi connectivity index (χ1) is 7.95. The minimum absolute atomic E-state index is 0.00756. The SMILES string of the molecule is O=C(O)c1ccc2c(c1)C(F)(C(F)F)COC2. The number of hydrogen-bond acceptors (Lipinski definition) is 2. The molecule has 0 aliphatic carbocycles. The van der Waals surface area contributed by atoms with Crippen LogP contribution in [0.4, 0.5) is 13.2 Å². The van der Waals surface area contributed by atoms with E-state index < -0.39 is 24.7 Å². The Labute approximate surface area is 94.8 Å². The van der Waals surface area contributed by atoms with E-state index in [0.717, 1.165) is 6.07 Å². The van der Waals surface area contributed by atoms with Gasteiger partial charge in [0.2, 0.25) is 5.67 Å². The van der Waals surface area contributed by atoms with Gasteiger partial charge in [0.05, 0.1) is 18.8 Å². The lowest BCUT2D eigenvalue weighted by atomic mass is 9.89. The van der Waals surface area contributed by atoms with Crippen LogP contribution >= 0.6 is 0 Å². The molecule has 0 aromatic heterocycles. The summed E-state index contributed by atoms with van der Waals surface area (Å²) >= 11 is 0. The lowest BCUT2D eigenvalue weighted by Crippen LogP contribution is -2.39. The van der Waals surface area contributed by atoms with Gasteiger partial charge in [-0.15, -0.1) is 0 Å². The molecule has 1 aliphatic rings. The van der Waals surface area contributed by atoms with E-state index in [1.54, 1.807) is 0 Å². The molecule has 92 valence electrons. The third-order valence-electron chi connectivity index (χ3n) is 2.72. The predicted molar refractivity (Wildman–Crippen MR) is 51.8 cm³/mol. The smallest absolute Gasteiger partial charge is 0.335 e. The van der Waals surface area contributed by atoms with E-state index in [-0.39, 0.29) is 23.3 Å². The van der Waals surface area contributed by atoms with E-state index in [4.69, 9.17) is 9.84 Å². The van der Waals surface area contributed by atoms with Crippen LogP contribution in [0.1, 0.15) is 21.5 Å². The Bertz CT molecular complexity index is 461. The number of carboxylic acid groups (broad SMARTS) is 1. The maximum atomic E-state index is 14.1. The summed E-state index contributed by atoms with van der Waals surface area (Å²) in [5, 5.41) is 8.75. The molecule has 0 saturated carbocycles. The summed E-state index contributed by atoms with van der Waals surface area (Å²) in [6.45, 7) is -0.756. The highest BCUT2D eigenvalue weighted by Crippen LogP contribution is 2.39. The van der Waals surface area contributed by atoms with Crippen molar-refractivity contribution in [2.45, 2.75) is 18.7 Å². The van der Waals surface area contributed by atoms with Crippen molar-refractivity contribution in [1.82, 2.24) is 0 Å². The highest BCUT2D eigenvalue weighted by molar-refractivity contribution is 5.88. The fourth-order valence-electron chi connectivity index (χ4n) is 1.79. The highest BCUT2D eigenvalue weighted by atomic mass is 19.3. The molecule has 6 heteroatoms. The van der Waals surface area contributed by atoms with Crippen molar-refractivity contribution in [1.29, 1.82) is 0 Å².